The molecule has 0 fully saturated rings. The number of amides is 2. The molecule has 0 aromatic rings. The highest BCUT2D eigenvalue weighted by molar-refractivity contribution is 5.85. The van der Waals surface area contributed by atoms with Crippen LogP contribution < -0.4 is 10.6 Å². The van der Waals surface area contributed by atoms with Crippen LogP contribution in [0.5, 0.6) is 0 Å². The molecule has 0 aliphatic rings. The normalized spacial score (nSPS) is 12.2. The maximum absolute atomic E-state index is 12.8. The van der Waals surface area contributed by atoms with Crippen LogP contribution in [0, 0.1) is 0 Å². The number of carbonyl (C=O) groups excluding carboxylic acids is 2. The van der Waals surface area contributed by atoms with E-state index in [0.717, 1.165) is 38.5 Å². The monoisotopic (exact) mass is 506 g/mol. The van der Waals surface area contributed by atoms with Gasteiger partial charge < -0.3 is 15.4 Å². The van der Waals surface area contributed by atoms with Crippen LogP contribution in [-0.2, 0) is 9.53 Å². The van der Waals surface area contributed by atoms with Gasteiger partial charge in [0, 0.05) is 6.04 Å². The minimum atomic E-state index is -0.617. The van der Waals surface area contributed by atoms with Crippen molar-refractivity contribution in [1.82, 2.24) is 10.6 Å². The molecule has 210 valence electrons. The maximum Gasteiger partial charge on any atom is 0.408 e. The quantitative estimate of drug-likeness (QED) is 0.107. The van der Waals surface area contributed by atoms with Gasteiger partial charge in [-0.1, -0.05) is 89.2 Å². The van der Waals surface area contributed by atoms with E-state index in [4.69, 9.17) is 4.74 Å². The molecule has 0 aromatic carbocycles. The highest BCUT2D eigenvalue weighted by Crippen LogP contribution is 2.16. The van der Waals surface area contributed by atoms with E-state index in [9.17, 15) is 9.59 Å². The molecule has 0 bridgehead atoms. The van der Waals surface area contributed by atoms with Gasteiger partial charge >= 0.3 is 6.09 Å². The number of hydrogen-bond acceptors (Lipinski definition) is 3. The molecule has 2 amide bonds. The molecule has 0 aromatic heterocycles. The number of hydrogen-bond donors (Lipinski definition) is 2. The van der Waals surface area contributed by atoms with Crippen LogP contribution in [0.3, 0.4) is 0 Å². The van der Waals surface area contributed by atoms with Crippen LogP contribution in [-0.4, -0.2) is 29.7 Å². The lowest BCUT2D eigenvalue weighted by atomic mass is 9.99. The molecular formula is C31H58N2O3. The first-order chi connectivity index (χ1) is 17.2. The number of ether oxygens (including phenoxy) is 1. The summed E-state index contributed by atoms with van der Waals surface area (Å²) in [6.45, 7) is 14.7. The third-order valence-electron chi connectivity index (χ3n) is 6.39. The summed E-state index contributed by atoms with van der Waals surface area (Å²) in [5.41, 5.74) is -0.583. The topological polar surface area (TPSA) is 67.4 Å². The minimum Gasteiger partial charge on any atom is -0.444 e. The van der Waals surface area contributed by atoms with Gasteiger partial charge in [-0.2, -0.15) is 0 Å². The molecule has 0 rings (SSSR count). The highest BCUT2D eigenvalue weighted by Gasteiger charge is 2.22. The molecular weight excluding hydrogens is 448 g/mol. The number of allylic oxidation sites excluding steroid dienone is 2. The van der Waals surface area contributed by atoms with Gasteiger partial charge in [0.25, 0.3) is 0 Å². The Morgan fingerprint density at radius 1 is 0.694 bits per heavy atom. The van der Waals surface area contributed by atoms with E-state index < -0.39 is 17.7 Å². The molecule has 0 saturated carbocycles. The molecule has 0 unspecified atom stereocenters. The average Bonchev–Trinajstić information content (AvgIpc) is 2.80. The largest absolute Gasteiger partial charge is 0.444 e. The first kappa shape index (κ1) is 34.2. The maximum atomic E-state index is 12.8. The Bertz CT molecular complexity index is 557. The van der Waals surface area contributed by atoms with Gasteiger partial charge in [-0.3, -0.25) is 4.79 Å². The second-order valence-electron chi connectivity index (χ2n) is 11.3. The fourth-order valence-electron chi connectivity index (χ4n) is 4.29. The third kappa shape index (κ3) is 22.7. The molecule has 0 saturated heterocycles. The predicted molar refractivity (Wildman–Crippen MR) is 154 cm³/mol. The molecule has 2 N–H and O–H groups in total. The Balaban J connectivity index is 4.40. The van der Waals surface area contributed by atoms with Crippen molar-refractivity contribution in [2.45, 2.75) is 161 Å². The van der Waals surface area contributed by atoms with Crippen molar-refractivity contribution in [3.63, 3.8) is 0 Å². The number of nitrogens with one attached hydrogen (secondary N) is 2. The number of alkyl carbamates (subject to hydrolysis) is 1. The molecule has 0 spiro atoms. The van der Waals surface area contributed by atoms with E-state index in [1.165, 1.54) is 77.0 Å². The van der Waals surface area contributed by atoms with Crippen molar-refractivity contribution < 1.29 is 14.3 Å². The molecule has 36 heavy (non-hydrogen) atoms. The van der Waals surface area contributed by atoms with Crippen molar-refractivity contribution in [2.75, 3.05) is 0 Å². The molecule has 0 aliphatic carbocycles. The van der Waals surface area contributed by atoms with Crippen LogP contribution in [0.25, 0.3) is 0 Å². The van der Waals surface area contributed by atoms with E-state index in [0.29, 0.717) is 0 Å². The van der Waals surface area contributed by atoms with Crippen LogP contribution in [0.2, 0.25) is 0 Å². The van der Waals surface area contributed by atoms with Gasteiger partial charge in [0.15, 0.2) is 0 Å². The second kappa shape index (κ2) is 22.4. The summed E-state index contributed by atoms with van der Waals surface area (Å²) in [6, 6.07) is -0.450. The lowest BCUT2D eigenvalue weighted by Crippen LogP contribution is -2.49. The van der Waals surface area contributed by atoms with E-state index in [1.54, 1.807) is 6.92 Å². The predicted octanol–water partition coefficient (Wildman–Crippen LogP) is 8.78. The summed E-state index contributed by atoms with van der Waals surface area (Å²) in [7, 11) is 0. The van der Waals surface area contributed by atoms with Crippen molar-refractivity contribution in [3.8, 4) is 0 Å². The fraction of sp³-hybridized carbons (Fsp3) is 0.806. The van der Waals surface area contributed by atoms with Gasteiger partial charge in [0.05, 0.1) is 0 Å². The van der Waals surface area contributed by atoms with Crippen LogP contribution in [0.1, 0.15) is 143 Å². The van der Waals surface area contributed by atoms with E-state index >= 15 is 0 Å². The van der Waals surface area contributed by atoms with E-state index in [1.807, 2.05) is 32.9 Å². The summed E-state index contributed by atoms with van der Waals surface area (Å²) in [4.78, 5) is 24.8. The summed E-state index contributed by atoms with van der Waals surface area (Å²) < 4.78 is 5.29. The zero-order valence-electron chi connectivity index (χ0n) is 24.2. The Labute approximate surface area is 223 Å². The summed E-state index contributed by atoms with van der Waals surface area (Å²) in [5.74, 6) is -0.129. The number of unbranched alkanes of at least 4 members (excludes halogenated alkanes) is 14. The zero-order valence-corrected chi connectivity index (χ0v) is 24.2. The van der Waals surface area contributed by atoms with Gasteiger partial charge in [-0.15, -0.1) is 13.2 Å². The zero-order chi connectivity index (χ0) is 27.1. The molecule has 0 heterocycles. The highest BCUT2D eigenvalue weighted by atomic mass is 16.6. The van der Waals surface area contributed by atoms with Gasteiger partial charge in [-0.05, 0) is 66.2 Å². The summed E-state index contributed by atoms with van der Waals surface area (Å²) in [5, 5.41) is 5.87. The van der Waals surface area contributed by atoms with Crippen LogP contribution >= 0.6 is 0 Å². The van der Waals surface area contributed by atoms with Crippen molar-refractivity contribution in [1.29, 1.82) is 0 Å². The Morgan fingerprint density at radius 2 is 1.08 bits per heavy atom. The molecule has 0 aliphatic heterocycles. The first-order valence-corrected chi connectivity index (χ1v) is 14.7. The second-order valence-corrected chi connectivity index (χ2v) is 11.3. The Kier molecular flexibility index (Phi) is 21.3. The van der Waals surface area contributed by atoms with Gasteiger partial charge in [0.1, 0.15) is 11.6 Å². The average molecular weight is 507 g/mol. The van der Waals surface area contributed by atoms with E-state index in [2.05, 4.69) is 23.8 Å². The number of carbonyl (C=O) groups is 2. The molecule has 5 nitrogen and oxygen atoms in total. The van der Waals surface area contributed by atoms with Crippen LogP contribution in [0.15, 0.2) is 25.3 Å². The van der Waals surface area contributed by atoms with Crippen molar-refractivity contribution in [2.24, 2.45) is 0 Å². The fourth-order valence-corrected chi connectivity index (χ4v) is 4.29. The number of rotatable bonds is 23. The minimum absolute atomic E-state index is 0.129. The van der Waals surface area contributed by atoms with Crippen LogP contribution in [0.4, 0.5) is 4.79 Å². The van der Waals surface area contributed by atoms with Gasteiger partial charge in [0.2, 0.25) is 5.91 Å². The smallest absolute Gasteiger partial charge is 0.408 e. The SMILES string of the molecule is C=CCCCCCCCCCC(CCCCCCCCCC=C)NC(=O)[C@H](C)NC(=O)OC(C)(C)C. The standard InChI is InChI=1S/C31H58N2O3/c1-7-9-11-13-15-17-19-21-23-25-28(26-24-22-20-18-16-14-12-10-8-2)33-29(34)27(3)32-30(35)36-31(4,5)6/h7-8,27-28H,1-2,9-26H2,3-6H3,(H,32,35)(H,33,34)/t27-/m0/s1. The van der Waals surface area contributed by atoms with Crippen molar-refractivity contribution >= 4 is 12.0 Å². The lowest BCUT2D eigenvalue weighted by molar-refractivity contribution is -0.123. The molecule has 0 radical (unpaired) electrons. The Morgan fingerprint density at radius 3 is 1.47 bits per heavy atom. The van der Waals surface area contributed by atoms with Gasteiger partial charge in [-0.25, -0.2) is 4.79 Å². The molecule has 5 heteroatoms. The molecule has 1 atom stereocenters. The Hall–Kier alpha value is -1.78. The lowest BCUT2D eigenvalue weighted by Gasteiger charge is -2.24. The third-order valence-corrected chi connectivity index (χ3v) is 6.39. The first-order valence-electron chi connectivity index (χ1n) is 14.7. The summed E-state index contributed by atoms with van der Waals surface area (Å²) >= 11 is 0. The van der Waals surface area contributed by atoms with Crippen molar-refractivity contribution in [3.05, 3.63) is 25.3 Å². The summed E-state index contributed by atoms with van der Waals surface area (Å²) in [6.07, 6.45) is 25.2. The van der Waals surface area contributed by atoms with E-state index in [-0.39, 0.29) is 11.9 Å².